The lowest BCUT2D eigenvalue weighted by atomic mass is 9.70. The fraction of sp³-hybridized carbons (Fsp3) is 0.720. The van der Waals surface area contributed by atoms with Gasteiger partial charge in [0, 0.05) is 25.7 Å². The molecule has 0 aromatic heterocycles. The van der Waals surface area contributed by atoms with E-state index in [1.807, 2.05) is 20.8 Å². The van der Waals surface area contributed by atoms with Crippen molar-refractivity contribution in [3.63, 3.8) is 0 Å². The summed E-state index contributed by atoms with van der Waals surface area (Å²) in [7, 11) is 0. The Morgan fingerprint density at radius 2 is 1.91 bits per heavy atom. The Balaban J connectivity index is 2.06. The Morgan fingerprint density at radius 3 is 2.45 bits per heavy atom. The summed E-state index contributed by atoms with van der Waals surface area (Å²) in [6, 6.07) is -1.54. The van der Waals surface area contributed by atoms with Crippen LogP contribution in [0.5, 0.6) is 0 Å². The van der Waals surface area contributed by atoms with Crippen LogP contribution >= 0.6 is 0 Å². The van der Waals surface area contributed by atoms with Crippen molar-refractivity contribution < 1.29 is 24.2 Å². The van der Waals surface area contributed by atoms with E-state index in [0.29, 0.717) is 32.5 Å². The molecule has 3 rings (SSSR count). The molecule has 2 bridgehead atoms. The molecular formula is C25H39N3O5. The molecule has 184 valence electrons. The van der Waals surface area contributed by atoms with Gasteiger partial charge in [0.05, 0.1) is 30.6 Å². The largest absolute Gasteiger partial charge is 0.394 e. The van der Waals surface area contributed by atoms with Crippen LogP contribution in [0, 0.1) is 11.8 Å². The number of carbonyl (C=O) groups excluding carboxylic acids is 3. The maximum Gasteiger partial charge on any atom is 0.248 e. The lowest BCUT2D eigenvalue weighted by Crippen LogP contribution is -2.59. The number of hydrogen-bond acceptors (Lipinski definition) is 5. The maximum absolute atomic E-state index is 13.9. The minimum Gasteiger partial charge on any atom is -0.394 e. The Hall–Kier alpha value is -2.19. The average molecular weight is 462 g/mol. The van der Waals surface area contributed by atoms with Crippen molar-refractivity contribution in [2.75, 3.05) is 26.2 Å². The highest BCUT2D eigenvalue weighted by molar-refractivity contribution is 5.99. The van der Waals surface area contributed by atoms with Gasteiger partial charge in [-0.2, -0.15) is 0 Å². The van der Waals surface area contributed by atoms with Crippen molar-refractivity contribution in [1.29, 1.82) is 0 Å². The molecule has 3 heterocycles. The molecular weight excluding hydrogens is 422 g/mol. The molecule has 0 aliphatic carbocycles. The van der Waals surface area contributed by atoms with Gasteiger partial charge in [-0.3, -0.25) is 14.4 Å². The van der Waals surface area contributed by atoms with Crippen molar-refractivity contribution in [3.8, 4) is 0 Å². The summed E-state index contributed by atoms with van der Waals surface area (Å²) in [4.78, 5) is 46.3. The highest BCUT2D eigenvalue weighted by atomic mass is 16.5. The highest BCUT2D eigenvalue weighted by Crippen LogP contribution is 2.59. The Bertz CT molecular complexity index is 799. The molecule has 3 saturated heterocycles. The van der Waals surface area contributed by atoms with Gasteiger partial charge in [0.25, 0.3) is 0 Å². The second kappa shape index (κ2) is 9.97. The first-order valence-electron chi connectivity index (χ1n) is 12.1. The molecule has 33 heavy (non-hydrogen) atoms. The molecule has 2 unspecified atom stereocenters. The number of carbonyl (C=O) groups is 3. The molecule has 3 fully saturated rings. The number of amides is 3. The molecule has 8 heteroatoms. The van der Waals surface area contributed by atoms with Crippen molar-refractivity contribution >= 4 is 17.7 Å². The second-order valence-corrected chi connectivity index (χ2v) is 9.78. The quantitative estimate of drug-likeness (QED) is 0.472. The Labute approximate surface area is 197 Å². The molecule has 0 radical (unpaired) electrons. The topological polar surface area (TPSA) is 90.4 Å². The third kappa shape index (κ3) is 4.01. The van der Waals surface area contributed by atoms with Crippen molar-refractivity contribution in [3.05, 3.63) is 25.3 Å². The molecule has 0 aromatic carbocycles. The van der Waals surface area contributed by atoms with Crippen molar-refractivity contribution in [1.82, 2.24) is 14.7 Å². The minimum absolute atomic E-state index is 0.101. The van der Waals surface area contributed by atoms with E-state index in [1.54, 1.807) is 28.9 Å². The number of fused-ring (bicyclic) bond motifs is 1. The lowest BCUT2D eigenvalue weighted by Gasteiger charge is -2.39. The highest BCUT2D eigenvalue weighted by Gasteiger charge is 2.75. The lowest BCUT2D eigenvalue weighted by molar-refractivity contribution is -0.152. The zero-order chi connectivity index (χ0) is 24.5. The Morgan fingerprint density at radius 1 is 1.24 bits per heavy atom. The van der Waals surface area contributed by atoms with E-state index in [0.717, 1.165) is 6.42 Å². The van der Waals surface area contributed by atoms with Gasteiger partial charge in [-0.25, -0.2) is 0 Å². The van der Waals surface area contributed by atoms with Crippen LogP contribution in [0.15, 0.2) is 25.3 Å². The number of rotatable bonds is 11. The number of aliphatic hydroxyl groups excluding tert-OH is 1. The molecule has 0 aromatic rings. The maximum atomic E-state index is 13.9. The summed E-state index contributed by atoms with van der Waals surface area (Å²) in [5, 5.41) is 9.94. The molecule has 3 aliphatic heterocycles. The summed E-state index contributed by atoms with van der Waals surface area (Å²) in [5.74, 6) is -1.96. The monoisotopic (exact) mass is 461 g/mol. The standard InChI is InChI=1S/C25H39N3O5/c1-7-12-26(13-8-2)22(30)19-18-10-11-25(33-18)20(19)23(31)28(17(6)15-29)21(25)24(32)27(14-9-3)16(4)5/h7,9,16-21,29H,1,3,8,10-15H2,2,4-6H3/t17-,18-,19+,20+,21?,25?/m1/s1. The zero-order valence-corrected chi connectivity index (χ0v) is 20.4. The van der Waals surface area contributed by atoms with Crippen LogP contribution in [0.1, 0.15) is 47.0 Å². The first-order valence-corrected chi connectivity index (χ1v) is 12.1. The van der Waals surface area contributed by atoms with E-state index < -0.39 is 29.5 Å². The van der Waals surface area contributed by atoms with Crippen LogP contribution in [0.25, 0.3) is 0 Å². The second-order valence-electron chi connectivity index (χ2n) is 9.78. The summed E-state index contributed by atoms with van der Waals surface area (Å²) < 4.78 is 6.47. The third-order valence-corrected chi connectivity index (χ3v) is 7.38. The van der Waals surface area contributed by atoms with Gasteiger partial charge in [0.1, 0.15) is 11.6 Å². The molecule has 3 aliphatic rings. The molecule has 0 saturated carbocycles. The van der Waals surface area contributed by atoms with E-state index in [9.17, 15) is 19.5 Å². The van der Waals surface area contributed by atoms with Gasteiger partial charge in [0.15, 0.2) is 0 Å². The first-order chi connectivity index (χ1) is 15.7. The van der Waals surface area contributed by atoms with E-state index in [2.05, 4.69) is 13.2 Å². The van der Waals surface area contributed by atoms with Crippen LogP contribution in [-0.4, -0.2) is 93.6 Å². The fourth-order valence-electron chi connectivity index (χ4n) is 5.99. The minimum atomic E-state index is -1.05. The zero-order valence-electron chi connectivity index (χ0n) is 20.4. The van der Waals surface area contributed by atoms with E-state index in [4.69, 9.17) is 4.74 Å². The average Bonchev–Trinajstić information content (AvgIpc) is 3.43. The van der Waals surface area contributed by atoms with E-state index >= 15 is 0 Å². The molecule has 6 atom stereocenters. The van der Waals surface area contributed by atoms with Crippen LogP contribution in [0.4, 0.5) is 0 Å². The number of nitrogens with zero attached hydrogens (tertiary/aromatic N) is 3. The number of hydrogen-bond donors (Lipinski definition) is 1. The van der Waals surface area contributed by atoms with Gasteiger partial charge >= 0.3 is 0 Å². The molecule has 8 nitrogen and oxygen atoms in total. The summed E-state index contributed by atoms with van der Waals surface area (Å²) in [6.45, 7) is 16.2. The van der Waals surface area contributed by atoms with Gasteiger partial charge in [-0.1, -0.05) is 19.1 Å². The molecule has 1 spiro atoms. The third-order valence-electron chi connectivity index (χ3n) is 7.38. The van der Waals surface area contributed by atoms with Crippen LogP contribution in [0.2, 0.25) is 0 Å². The fourth-order valence-corrected chi connectivity index (χ4v) is 5.99. The SMILES string of the molecule is C=CCN(CCC)C(=O)[C@@H]1[C@H]2C(=O)N([C@H](C)CO)C(C(=O)N(CC=C)C(C)C)C23CC[C@H]1O3. The van der Waals surface area contributed by atoms with Gasteiger partial charge in [-0.15, -0.1) is 13.2 Å². The smallest absolute Gasteiger partial charge is 0.248 e. The predicted molar refractivity (Wildman–Crippen MR) is 125 cm³/mol. The van der Waals surface area contributed by atoms with Gasteiger partial charge in [0.2, 0.25) is 17.7 Å². The van der Waals surface area contributed by atoms with Crippen molar-refractivity contribution in [2.24, 2.45) is 11.8 Å². The number of likely N-dealkylation sites (tertiary alicyclic amines) is 1. The number of aliphatic hydroxyl groups is 1. The van der Waals surface area contributed by atoms with E-state index in [-0.39, 0.29) is 36.5 Å². The Kier molecular flexibility index (Phi) is 7.69. The van der Waals surface area contributed by atoms with Crippen LogP contribution in [-0.2, 0) is 19.1 Å². The van der Waals surface area contributed by atoms with Gasteiger partial charge in [-0.05, 0) is 40.0 Å². The van der Waals surface area contributed by atoms with Crippen molar-refractivity contribution in [2.45, 2.75) is 76.8 Å². The summed E-state index contributed by atoms with van der Waals surface area (Å²) >= 11 is 0. The molecule has 1 N–H and O–H groups in total. The normalized spacial score (nSPS) is 31.0. The molecule has 3 amide bonds. The van der Waals surface area contributed by atoms with Crippen LogP contribution < -0.4 is 0 Å². The van der Waals surface area contributed by atoms with Crippen LogP contribution in [0.3, 0.4) is 0 Å². The number of ether oxygens (including phenoxy) is 1. The predicted octanol–water partition coefficient (Wildman–Crippen LogP) is 1.59. The summed E-state index contributed by atoms with van der Waals surface area (Å²) in [5.41, 5.74) is -1.05. The first kappa shape index (κ1) is 25.4. The summed E-state index contributed by atoms with van der Waals surface area (Å²) in [6.07, 6.45) is 4.93. The van der Waals surface area contributed by atoms with E-state index in [1.165, 1.54) is 4.90 Å². The van der Waals surface area contributed by atoms with Gasteiger partial charge < -0.3 is 24.5 Å².